The molecule has 3 heterocycles. The lowest BCUT2D eigenvalue weighted by Gasteiger charge is -2.09. The maximum Gasteiger partial charge on any atom is 0.261 e. The van der Waals surface area contributed by atoms with Gasteiger partial charge in [-0.25, -0.2) is 19.3 Å². The van der Waals surface area contributed by atoms with Crippen LogP contribution >= 0.6 is 11.8 Å². The van der Waals surface area contributed by atoms with Crippen LogP contribution in [0, 0.1) is 0 Å². The normalized spacial score (nSPS) is 10.6. The Hall–Kier alpha value is -2.82. The molecule has 0 spiro atoms. The van der Waals surface area contributed by atoms with Crippen molar-refractivity contribution in [1.82, 2.24) is 40.0 Å². The molecule has 0 unspecified atom stereocenters. The molecule has 11 heteroatoms. The third kappa shape index (κ3) is 2.65. The lowest BCUT2D eigenvalue weighted by Crippen LogP contribution is -2.19. The molecule has 0 aliphatic heterocycles. The first-order valence-corrected chi connectivity index (χ1v) is 7.35. The minimum absolute atomic E-state index is 0.239. The van der Waals surface area contributed by atoms with Crippen molar-refractivity contribution in [2.24, 2.45) is 7.05 Å². The number of nitrogens with zero attached hydrogens (tertiary/aromatic N) is 8. The first-order valence-electron chi connectivity index (χ1n) is 6.13. The number of aromatic nitrogens is 8. The van der Waals surface area contributed by atoms with E-state index in [1.807, 2.05) is 6.26 Å². The number of nitrogens with one attached hydrogen (secondary N) is 1. The van der Waals surface area contributed by atoms with Gasteiger partial charge in [-0.2, -0.15) is 5.10 Å². The number of carbonyl (C=O) groups excluding carboxylic acids is 1. The van der Waals surface area contributed by atoms with Crippen molar-refractivity contribution in [2.45, 2.75) is 5.03 Å². The summed E-state index contributed by atoms with van der Waals surface area (Å²) in [5.41, 5.74) is 0.339. The van der Waals surface area contributed by atoms with Crippen molar-refractivity contribution in [2.75, 3.05) is 11.6 Å². The fourth-order valence-electron chi connectivity index (χ4n) is 1.72. The minimum Gasteiger partial charge on any atom is -0.289 e. The summed E-state index contributed by atoms with van der Waals surface area (Å²) in [6, 6.07) is 3.43. The predicted octanol–water partition coefficient (Wildman–Crippen LogP) is 0.160. The Bertz CT molecular complexity index is 798. The third-order valence-electron chi connectivity index (χ3n) is 2.78. The van der Waals surface area contributed by atoms with E-state index in [1.54, 1.807) is 19.2 Å². The highest BCUT2D eigenvalue weighted by Crippen LogP contribution is 2.18. The van der Waals surface area contributed by atoms with Crippen LogP contribution in [0.5, 0.6) is 0 Å². The highest BCUT2D eigenvalue weighted by atomic mass is 32.2. The lowest BCUT2D eigenvalue weighted by atomic mass is 10.2. The number of aryl methyl sites for hydroxylation is 1. The van der Waals surface area contributed by atoms with Crippen LogP contribution in [0.4, 0.5) is 5.95 Å². The van der Waals surface area contributed by atoms with Crippen LogP contribution in [0.15, 0.2) is 29.8 Å². The number of tetrazole rings is 1. The Balaban J connectivity index is 1.99. The highest BCUT2D eigenvalue weighted by molar-refractivity contribution is 7.98. The molecule has 10 nitrogen and oxygen atoms in total. The summed E-state index contributed by atoms with van der Waals surface area (Å²) in [4.78, 5) is 20.7. The van der Waals surface area contributed by atoms with Crippen LogP contribution in [0.25, 0.3) is 5.82 Å². The van der Waals surface area contributed by atoms with Gasteiger partial charge in [0.2, 0.25) is 5.95 Å². The summed E-state index contributed by atoms with van der Waals surface area (Å²) in [5.74, 6) is 0.240. The van der Waals surface area contributed by atoms with Crippen LogP contribution in [0.2, 0.25) is 0 Å². The van der Waals surface area contributed by atoms with E-state index < -0.39 is 0 Å². The van der Waals surface area contributed by atoms with E-state index >= 15 is 0 Å². The zero-order valence-electron chi connectivity index (χ0n) is 11.7. The zero-order chi connectivity index (χ0) is 15.5. The van der Waals surface area contributed by atoms with Crippen molar-refractivity contribution in [1.29, 1.82) is 0 Å². The molecule has 3 aromatic heterocycles. The van der Waals surface area contributed by atoms with Crippen LogP contribution in [0.3, 0.4) is 0 Å². The second kappa shape index (κ2) is 5.89. The number of hydrogen-bond donors (Lipinski definition) is 1. The number of thioether (sulfide) groups is 1. The van der Waals surface area contributed by atoms with E-state index in [0.29, 0.717) is 11.4 Å². The van der Waals surface area contributed by atoms with Gasteiger partial charge in [-0.05, 0) is 28.8 Å². The van der Waals surface area contributed by atoms with E-state index in [4.69, 9.17) is 0 Å². The number of rotatable bonds is 4. The van der Waals surface area contributed by atoms with Crippen molar-refractivity contribution in [3.63, 3.8) is 0 Å². The van der Waals surface area contributed by atoms with Gasteiger partial charge in [-0.15, -0.1) is 11.8 Å². The molecule has 0 aliphatic carbocycles. The maximum atomic E-state index is 12.5. The Morgan fingerprint density at radius 3 is 2.86 bits per heavy atom. The van der Waals surface area contributed by atoms with Gasteiger partial charge in [0.1, 0.15) is 12.7 Å². The van der Waals surface area contributed by atoms with E-state index in [2.05, 4.69) is 35.9 Å². The molecule has 22 heavy (non-hydrogen) atoms. The molecular weight excluding hydrogens is 306 g/mol. The predicted molar refractivity (Wildman–Crippen MR) is 77.7 cm³/mol. The molecular formula is C11H11N9OS. The second-order valence-corrected chi connectivity index (χ2v) is 4.97. The van der Waals surface area contributed by atoms with E-state index in [0.717, 1.165) is 5.03 Å². The molecule has 3 rings (SSSR count). The molecule has 0 aliphatic rings. The van der Waals surface area contributed by atoms with E-state index in [1.165, 1.54) is 33.8 Å². The second-order valence-electron chi connectivity index (χ2n) is 4.15. The molecule has 0 saturated heterocycles. The summed E-state index contributed by atoms with van der Waals surface area (Å²) in [7, 11) is 1.63. The Kier molecular flexibility index (Phi) is 3.78. The summed E-state index contributed by atoms with van der Waals surface area (Å²) in [5, 5.41) is 18.3. The average molecular weight is 317 g/mol. The van der Waals surface area contributed by atoms with Crippen molar-refractivity contribution in [3.8, 4) is 5.82 Å². The Morgan fingerprint density at radius 2 is 2.23 bits per heavy atom. The molecule has 112 valence electrons. The molecule has 1 N–H and O–H groups in total. The molecule has 0 aromatic carbocycles. The lowest BCUT2D eigenvalue weighted by molar-refractivity contribution is 0.102. The molecule has 0 radical (unpaired) electrons. The van der Waals surface area contributed by atoms with Crippen LogP contribution < -0.4 is 5.32 Å². The van der Waals surface area contributed by atoms with Gasteiger partial charge in [0, 0.05) is 7.05 Å². The first kappa shape index (κ1) is 14.1. The molecule has 0 fully saturated rings. The Morgan fingerprint density at radius 1 is 1.36 bits per heavy atom. The van der Waals surface area contributed by atoms with Gasteiger partial charge in [0.25, 0.3) is 5.91 Å². The van der Waals surface area contributed by atoms with Crippen LogP contribution in [-0.4, -0.2) is 52.1 Å². The number of carbonyl (C=O) groups is 1. The van der Waals surface area contributed by atoms with Gasteiger partial charge in [-0.3, -0.25) is 10.1 Å². The Labute approximate surface area is 129 Å². The van der Waals surface area contributed by atoms with Gasteiger partial charge in [-0.1, -0.05) is 5.10 Å². The van der Waals surface area contributed by atoms with Crippen LogP contribution in [-0.2, 0) is 7.05 Å². The average Bonchev–Trinajstić information content (AvgIpc) is 3.19. The summed E-state index contributed by atoms with van der Waals surface area (Å²) >= 11 is 1.47. The minimum atomic E-state index is -0.386. The standard InChI is InChI=1S/C11H11N9OS/c1-19-11(16-17-18-19)15-10(21)7-3-4-8(22-2)14-9(7)20-6-12-5-13-20/h3-6H,1-2H3,(H,15,16,18,21). The van der Waals surface area contributed by atoms with Crippen molar-refractivity contribution < 1.29 is 4.79 Å². The SMILES string of the molecule is CSc1ccc(C(=O)Nc2nnnn2C)c(-n2cncn2)n1. The number of anilines is 1. The van der Waals surface area contributed by atoms with Crippen molar-refractivity contribution in [3.05, 3.63) is 30.4 Å². The fourth-order valence-corrected chi connectivity index (χ4v) is 2.10. The highest BCUT2D eigenvalue weighted by Gasteiger charge is 2.18. The van der Waals surface area contributed by atoms with E-state index in [-0.39, 0.29) is 11.9 Å². The zero-order valence-corrected chi connectivity index (χ0v) is 12.5. The molecule has 0 saturated carbocycles. The molecule has 3 aromatic rings. The number of pyridine rings is 1. The topological polar surface area (TPSA) is 116 Å². The maximum absolute atomic E-state index is 12.5. The van der Waals surface area contributed by atoms with E-state index in [9.17, 15) is 4.79 Å². The fraction of sp³-hybridized carbons (Fsp3) is 0.182. The monoisotopic (exact) mass is 317 g/mol. The van der Waals surface area contributed by atoms with Gasteiger partial charge >= 0.3 is 0 Å². The third-order valence-corrected chi connectivity index (χ3v) is 3.43. The van der Waals surface area contributed by atoms with Gasteiger partial charge < -0.3 is 0 Å². The largest absolute Gasteiger partial charge is 0.289 e. The van der Waals surface area contributed by atoms with Gasteiger partial charge in [0.15, 0.2) is 5.82 Å². The quantitative estimate of drug-likeness (QED) is 0.676. The molecule has 0 atom stereocenters. The van der Waals surface area contributed by atoms with Crippen molar-refractivity contribution >= 4 is 23.6 Å². The number of hydrogen-bond acceptors (Lipinski definition) is 8. The summed E-state index contributed by atoms with van der Waals surface area (Å²) < 4.78 is 2.79. The van der Waals surface area contributed by atoms with Crippen LogP contribution in [0.1, 0.15) is 10.4 Å². The summed E-state index contributed by atoms with van der Waals surface area (Å²) in [6.45, 7) is 0. The summed E-state index contributed by atoms with van der Waals surface area (Å²) in [6.07, 6.45) is 4.76. The van der Waals surface area contributed by atoms with Gasteiger partial charge in [0.05, 0.1) is 10.6 Å². The number of amides is 1. The molecule has 0 bridgehead atoms. The smallest absolute Gasteiger partial charge is 0.261 e. The molecule has 1 amide bonds. The first-order chi connectivity index (χ1) is 10.7.